The third-order valence-electron chi connectivity index (χ3n) is 2.22. The number of aromatic nitrogens is 3. The van der Waals surface area contributed by atoms with E-state index in [2.05, 4.69) is 10.1 Å². The normalized spacial score (nSPS) is 12.7. The van der Waals surface area contributed by atoms with E-state index in [9.17, 15) is 4.79 Å². The Bertz CT molecular complexity index is 309. The molecular weight excluding hydrogens is 182 g/mol. The molecule has 5 nitrogen and oxygen atoms in total. The van der Waals surface area contributed by atoms with Crippen molar-refractivity contribution in [2.75, 3.05) is 0 Å². The summed E-state index contributed by atoms with van der Waals surface area (Å²) in [5, 5.41) is 12.7. The highest BCUT2D eigenvalue weighted by molar-refractivity contribution is 5.69. The number of carboxylic acids is 1. The SMILES string of the molecule is CCn1ncnc1CCC(C)C(=O)O. The van der Waals surface area contributed by atoms with Crippen LogP contribution >= 0.6 is 0 Å². The molecule has 0 bridgehead atoms. The summed E-state index contributed by atoms with van der Waals surface area (Å²) >= 11 is 0. The van der Waals surface area contributed by atoms with E-state index in [0.717, 1.165) is 12.4 Å². The predicted octanol–water partition coefficient (Wildman–Crippen LogP) is 0.951. The Morgan fingerprint density at radius 1 is 1.71 bits per heavy atom. The maximum atomic E-state index is 10.6. The minimum atomic E-state index is -0.757. The van der Waals surface area contributed by atoms with Gasteiger partial charge in [-0.3, -0.25) is 9.48 Å². The Balaban J connectivity index is 2.49. The lowest BCUT2D eigenvalue weighted by molar-refractivity contribution is -0.141. The number of hydrogen-bond acceptors (Lipinski definition) is 3. The van der Waals surface area contributed by atoms with Gasteiger partial charge < -0.3 is 5.11 Å². The summed E-state index contributed by atoms with van der Waals surface area (Å²) in [4.78, 5) is 14.6. The first-order valence-corrected chi connectivity index (χ1v) is 4.74. The van der Waals surface area contributed by atoms with Gasteiger partial charge >= 0.3 is 5.97 Å². The first-order valence-electron chi connectivity index (χ1n) is 4.74. The van der Waals surface area contributed by atoms with E-state index in [1.54, 1.807) is 11.6 Å². The molecule has 0 saturated carbocycles. The van der Waals surface area contributed by atoms with Crippen molar-refractivity contribution in [2.24, 2.45) is 5.92 Å². The van der Waals surface area contributed by atoms with Crippen molar-refractivity contribution in [1.82, 2.24) is 14.8 Å². The van der Waals surface area contributed by atoms with Crippen LogP contribution < -0.4 is 0 Å². The molecule has 0 fully saturated rings. The van der Waals surface area contributed by atoms with Gasteiger partial charge in [0, 0.05) is 13.0 Å². The molecule has 0 aliphatic heterocycles. The van der Waals surface area contributed by atoms with Crippen LogP contribution in [0.1, 0.15) is 26.1 Å². The molecule has 78 valence electrons. The molecule has 0 saturated heterocycles. The van der Waals surface area contributed by atoms with E-state index in [0.29, 0.717) is 12.8 Å². The highest BCUT2D eigenvalue weighted by Gasteiger charge is 2.12. The molecule has 1 N–H and O–H groups in total. The van der Waals surface area contributed by atoms with Gasteiger partial charge in [0.15, 0.2) is 0 Å². The largest absolute Gasteiger partial charge is 0.481 e. The van der Waals surface area contributed by atoms with E-state index in [1.165, 1.54) is 6.33 Å². The second-order valence-electron chi connectivity index (χ2n) is 3.27. The fourth-order valence-electron chi connectivity index (χ4n) is 1.21. The van der Waals surface area contributed by atoms with Gasteiger partial charge in [-0.25, -0.2) is 4.98 Å². The third kappa shape index (κ3) is 2.55. The Hall–Kier alpha value is -1.39. The topological polar surface area (TPSA) is 68.0 Å². The molecule has 0 spiro atoms. The van der Waals surface area contributed by atoms with E-state index in [-0.39, 0.29) is 5.92 Å². The fraction of sp³-hybridized carbons (Fsp3) is 0.667. The van der Waals surface area contributed by atoms with Crippen LogP contribution in [0.4, 0.5) is 0 Å². The van der Waals surface area contributed by atoms with Gasteiger partial charge in [-0.05, 0) is 13.3 Å². The van der Waals surface area contributed by atoms with Crippen LogP contribution in [0.15, 0.2) is 6.33 Å². The van der Waals surface area contributed by atoms with Crippen LogP contribution in [0.25, 0.3) is 0 Å². The lowest BCUT2D eigenvalue weighted by Gasteiger charge is -2.05. The van der Waals surface area contributed by atoms with Gasteiger partial charge in [-0.15, -0.1) is 0 Å². The molecule has 0 aliphatic rings. The molecule has 1 heterocycles. The van der Waals surface area contributed by atoms with Crippen LogP contribution in [-0.4, -0.2) is 25.8 Å². The highest BCUT2D eigenvalue weighted by Crippen LogP contribution is 2.07. The van der Waals surface area contributed by atoms with Crippen molar-refractivity contribution in [3.8, 4) is 0 Å². The van der Waals surface area contributed by atoms with E-state index < -0.39 is 5.97 Å². The number of rotatable bonds is 5. The second-order valence-corrected chi connectivity index (χ2v) is 3.27. The molecule has 0 amide bonds. The molecule has 1 aromatic rings. The first-order chi connectivity index (χ1) is 6.65. The molecule has 5 heteroatoms. The van der Waals surface area contributed by atoms with Crippen molar-refractivity contribution in [3.05, 3.63) is 12.2 Å². The molecule has 1 unspecified atom stereocenters. The number of hydrogen-bond donors (Lipinski definition) is 1. The van der Waals surface area contributed by atoms with Crippen LogP contribution in [-0.2, 0) is 17.8 Å². The van der Waals surface area contributed by atoms with Crippen molar-refractivity contribution >= 4 is 5.97 Å². The lowest BCUT2D eigenvalue weighted by Crippen LogP contribution is -2.12. The maximum absolute atomic E-state index is 10.6. The molecule has 1 atom stereocenters. The van der Waals surface area contributed by atoms with Gasteiger partial charge in [0.1, 0.15) is 12.2 Å². The first kappa shape index (κ1) is 10.7. The summed E-state index contributed by atoms with van der Waals surface area (Å²) in [5.74, 6) is -0.217. The molecule has 1 aromatic heterocycles. The monoisotopic (exact) mass is 197 g/mol. The zero-order valence-electron chi connectivity index (χ0n) is 8.47. The summed E-state index contributed by atoms with van der Waals surface area (Å²) < 4.78 is 1.79. The number of nitrogens with zero attached hydrogens (tertiary/aromatic N) is 3. The summed E-state index contributed by atoms with van der Waals surface area (Å²) in [5.41, 5.74) is 0. The zero-order chi connectivity index (χ0) is 10.6. The number of aryl methyl sites for hydroxylation is 2. The van der Waals surface area contributed by atoms with Gasteiger partial charge in [-0.1, -0.05) is 6.92 Å². The highest BCUT2D eigenvalue weighted by atomic mass is 16.4. The second kappa shape index (κ2) is 4.74. The average molecular weight is 197 g/mol. The molecule has 0 aliphatic carbocycles. The Labute approximate surface area is 82.8 Å². The van der Waals surface area contributed by atoms with Gasteiger partial charge in [0.05, 0.1) is 5.92 Å². The third-order valence-corrected chi connectivity index (χ3v) is 2.22. The molecule has 1 rings (SSSR count). The summed E-state index contributed by atoms with van der Waals surface area (Å²) in [6.07, 6.45) is 2.78. The summed E-state index contributed by atoms with van der Waals surface area (Å²) in [7, 11) is 0. The minimum absolute atomic E-state index is 0.322. The van der Waals surface area contributed by atoms with Crippen LogP contribution in [0, 0.1) is 5.92 Å². The van der Waals surface area contributed by atoms with E-state index in [1.807, 2.05) is 6.92 Å². The van der Waals surface area contributed by atoms with E-state index >= 15 is 0 Å². The molecule has 0 aromatic carbocycles. The standard InChI is InChI=1S/C9H15N3O2/c1-3-12-8(10-6-11-12)5-4-7(2)9(13)14/h6-7H,3-5H2,1-2H3,(H,13,14). The average Bonchev–Trinajstić information content (AvgIpc) is 2.60. The number of aliphatic carboxylic acids is 1. The summed E-state index contributed by atoms with van der Waals surface area (Å²) in [6.45, 7) is 4.46. The summed E-state index contributed by atoms with van der Waals surface area (Å²) in [6, 6.07) is 0. The lowest BCUT2D eigenvalue weighted by atomic mass is 10.1. The van der Waals surface area contributed by atoms with Gasteiger partial charge in [-0.2, -0.15) is 5.10 Å². The molecule has 0 radical (unpaired) electrons. The van der Waals surface area contributed by atoms with Crippen molar-refractivity contribution in [2.45, 2.75) is 33.2 Å². The maximum Gasteiger partial charge on any atom is 0.306 e. The number of carboxylic acid groups (broad SMARTS) is 1. The zero-order valence-corrected chi connectivity index (χ0v) is 8.47. The molecular formula is C9H15N3O2. The van der Waals surface area contributed by atoms with Gasteiger partial charge in [0.2, 0.25) is 0 Å². The van der Waals surface area contributed by atoms with Gasteiger partial charge in [0.25, 0.3) is 0 Å². The van der Waals surface area contributed by atoms with Crippen LogP contribution in [0.2, 0.25) is 0 Å². The minimum Gasteiger partial charge on any atom is -0.481 e. The van der Waals surface area contributed by atoms with Crippen molar-refractivity contribution in [1.29, 1.82) is 0 Å². The Morgan fingerprint density at radius 3 is 3.00 bits per heavy atom. The van der Waals surface area contributed by atoms with Crippen molar-refractivity contribution in [3.63, 3.8) is 0 Å². The fourth-order valence-corrected chi connectivity index (χ4v) is 1.21. The Kier molecular flexibility index (Phi) is 3.62. The van der Waals surface area contributed by atoms with Crippen LogP contribution in [0.5, 0.6) is 0 Å². The van der Waals surface area contributed by atoms with Crippen LogP contribution in [0.3, 0.4) is 0 Å². The predicted molar refractivity (Wildman–Crippen MR) is 50.8 cm³/mol. The smallest absolute Gasteiger partial charge is 0.306 e. The molecule has 14 heavy (non-hydrogen) atoms. The van der Waals surface area contributed by atoms with Crippen molar-refractivity contribution < 1.29 is 9.90 Å². The quantitative estimate of drug-likeness (QED) is 0.763. The van der Waals surface area contributed by atoms with E-state index in [4.69, 9.17) is 5.11 Å². The Morgan fingerprint density at radius 2 is 2.43 bits per heavy atom. The number of carbonyl (C=O) groups is 1.